The lowest BCUT2D eigenvalue weighted by atomic mass is 10.1. The quantitative estimate of drug-likeness (QED) is 0.614. The summed E-state index contributed by atoms with van der Waals surface area (Å²) in [4.78, 5) is 27.3. The maximum absolute atomic E-state index is 12.3. The van der Waals surface area contributed by atoms with Crippen LogP contribution in [0.15, 0.2) is 59.4 Å². The Kier molecular flexibility index (Phi) is 6.73. The Labute approximate surface area is 169 Å². The largest absolute Gasteiger partial charge is 0.494 e. The lowest BCUT2D eigenvalue weighted by molar-refractivity contribution is -0.121. The first kappa shape index (κ1) is 20.3. The number of carbonyl (C=O) groups is 1. The Morgan fingerprint density at radius 3 is 2.48 bits per heavy atom. The standard InChI is InChI=1S/C22H24N4O3/c1-3-29-18-11-9-17(10-12-18)21-24-22(28)19(25-26-21)13-14-20(27)23-15(2)16-7-5-4-6-8-16/h4-12,15H,3,13-14H2,1-2H3,(H,23,27)(H,24,26,28)/t15-/m0/s1. The molecule has 1 heterocycles. The van der Waals surface area contributed by atoms with Crippen molar-refractivity contribution >= 4 is 5.91 Å². The van der Waals surface area contributed by atoms with Gasteiger partial charge in [-0.3, -0.25) is 9.59 Å². The fourth-order valence-corrected chi connectivity index (χ4v) is 2.90. The monoisotopic (exact) mass is 392 g/mol. The van der Waals surface area contributed by atoms with Crippen LogP contribution in [0.5, 0.6) is 5.75 Å². The summed E-state index contributed by atoms with van der Waals surface area (Å²) in [7, 11) is 0. The molecular weight excluding hydrogens is 368 g/mol. The lowest BCUT2D eigenvalue weighted by Crippen LogP contribution is -2.28. The van der Waals surface area contributed by atoms with Crippen LogP contribution in [-0.2, 0) is 11.2 Å². The molecule has 7 nitrogen and oxygen atoms in total. The molecular formula is C22H24N4O3. The van der Waals surface area contributed by atoms with E-state index in [1.807, 2.05) is 68.4 Å². The van der Waals surface area contributed by atoms with E-state index in [4.69, 9.17) is 4.74 Å². The van der Waals surface area contributed by atoms with E-state index in [9.17, 15) is 9.59 Å². The molecule has 1 atom stereocenters. The van der Waals surface area contributed by atoms with Gasteiger partial charge in [0.05, 0.1) is 12.6 Å². The molecule has 0 aliphatic heterocycles. The van der Waals surface area contributed by atoms with Gasteiger partial charge in [-0.1, -0.05) is 30.3 Å². The average Bonchev–Trinajstić information content (AvgIpc) is 2.74. The van der Waals surface area contributed by atoms with E-state index in [2.05, 4.69) is 20.5 Å². The zero-order valence-electron chi connectivity index (χ0n) is 16.5. The van der Waals surface area contributed by atoms with Crippen molar-refractivity contribution in [2.24, 2.45) is 0 Å². The normalized spacial score (nSPS) is 11.7. The number of aryl methyl sites for hydroxylation is 1. The predicted molar refractivity (Wildman–Crippen MR) is 111 cm³/mol. The molecule has 29 heavy (non-hydrogen) atoms. The number of carbonyl (C=O) groups excluding carboxylic acids is 1. The summed E-state index contributed by atoms with van der Waals surface area (Å²) >= 11 is 0. The maximum Gasteiger partial charge on any atom is 0.273 e. The zero-order chi connectivity index (χ0) is 20.6. The molecule has 7 heteroatoms. The lowest BCUT2D eigenvalue weighted by Gasteiger charge is -2.14. The molecule has 0 unspecified atom stereocenters. The van der Waals surface area contributed by atoms with Gasteiger partial charge in [-0.05, 0) is 43.7 Å². The molecule has 150 valence electrons. The first-order chi connectivity index (χ1) is 14.1. The summed E-state index contributed by atoms with van der Waals surface area (Å²) in [6.07, 6.45) is 0.385. The second-order valence-electron chi connectivity index (χ2n) is 6.61. The Hall–Kier alpha value is -3.48. The molecule has 0 saturated heterocycles. The van der Waals surface area contributed by atoms with Gasteiger partial charge >= 0.3 is 0 Å². The summed E-state index contributed by atoms with van der Waals surface area (Å²) in [5.41, 5.74) is 1.66. The summed E-state index contributed by atoms with van der Waals surface area (Å²) in [6, 6.07) is 16.8. The minimum absolute atomic E-state index is 0.102. The van der Waals surface area contributed by atoms with E-state index in [0.717, 1.165) is 16.9 Å². The minimum atomic E-state index is -0.340. The average molecular weight is 392 g/mol. The molecule has 0 aliphatic carbocycles. The highest BCUT2D eigenvalue weighted by atomic mass is 16.5. The van der Waals surface area contributed by atoms with Gasteiger partial charge < -0.3 is 15.0 Å². The van der Waals surface area contributed by atoms with Gasteiger partial charge in [0.2, 0.25) is 5.91 Å². The van der Waals surface area contributed by atoms with Crippen LogP contribution >= 0.6 is 0 Å². The summed E-state index contributed by atoms with van der Waals surface area (Å²) in [6.45, 7) is 4.42. The summed E-state index contributed by atoms with van der Waals surface area (Å²) in [5, 5.41) is 11.0. The van der Waals surface area contributed by atoms with Crippen LogP contribution in [0.2, 0.25) is 0 Å². The van der Waals surface area contributed by atoms with Crippen molar-refractivity contribution in [3.8, 4) is 17.1 Å². The molecule has 0 bridgehead atoms. The van der Waals surface area contributed by atoms with Crippen molar-refractivity contribution in [1.82, 2.24) is 20.5 Å². The summed E-state index contributed by atoms with van der Waals surface area (Å²) in [5.74, 6) is 0.987. The molecule has 2 N–H and O–H groups in total. The van der Waals surface area contributed by atoms with E-state index in [-0.39, 0.29) is 36.0 Å². The first-order valence-corrected chi connectivity index (χ1v) is 9.60. The number of nitrogens with one attached hydrogen (secondary N) is 2. The van der Waals surface area contributed by atoms with Gasteiger partial charge in [0, 0.05) is 18.4 Å². The fourth-order valence-electron chi connectivity index (χ4n) is 2.90. The van der Waals surface area contributed by atoms with Gasteiger partial charge in [0.1, 0.15) is 11.4 Å². The molecule has 2 aromatic carbocycles. The van der Waals surface area contributed by atoms with E-state index in [0.29, 0.717) is 12.4 Å². The van der Waals surface area contributed by atoms with E-state index in [1.165, 1.54) is 0 Å². The molecule has 0 saturated carbocycles. The van der Waals surface area contributed by atoms with Gasteiger partial charge in [0.15, 0.2) is 5.82 Å². The van der Waals surface area contributed by atoms with Crippen molar-refractivity contribution in [2.75, 3.05) is 6.61 Å². The molecule has 0 aliphatic rings. The molecule has 1 amide bonds. The molecule has 3 aromatic rings. The number of hydrogen-bond acceptors (Lipinski definition) is 5. The Morgan fingerprint density at radius 1 is 1.10 bits per heavy atom. The Morgan fingerprint density at radius 2 is 1.83 bits per heavy atom. The number of aromatic amines is 1. The zero-order valence-corrected chi connectivity index (χ0v) is 16.5. The highest BCUT2D eigenvalue weighted by molar-refractivity contribution is 5.76. The van der Waals surface area contributed by atoms with E-state index in [1.54, 1.807) is 0 Å². The highest BCUT2D eigenvalue weighted by Crippen LogP contribution is 2.18. The number of ether oxygens (including phenoxy) is 1. The number of nitrogens with zero attached hydrogens (tertiary/aromatic N) is 2. The van der Waals surface area contributed by atoms with E-state index >= 15 is 0 Å². The van der Waals surface area contributed by atoms with Crippen LogP contribution in [0.1, 0.15) is 37.6 Å². The van der Waals surface area contributed by atoms with Crippen LogP contribution < -0.4 is 15.6 Å². The van der Waals surface area contributed by atoms with Crippen molar-refractivity contribution in [3.05, 3.63) is 76.2 Å². The fraction of sp³-hybridized carbons (Fsp3) is 0.273. The minimum Gasteiger partial charge on any atom is -0.494 e. The van der Waals surface area contributed by atoms with E-state index < -0.39 is 0 Å². The smallest absolute Gasteiger partial charge is 0.273 e. The molecule has 1 aromatic heterocycles. The van der Waals surface area contributed by atoms with Crippen molar-refractivity contribution in [1.29, 1.82) is 0 Å². The van der Waals surface area contributed by atoms with Crippen LogP contribution in [0.4, 0.5) is 0 Å². The van der Waals surface area contributed by atoms with Gasteiger partial charge in [-0.15, -0.1) is 10.2 Å². The number of aromatic nitrogens is 3. The number of benzene rings is 2. The van der Waals surface area contributed by atoms with Crippen LogP contribution in [0.3, 0.4) is 0 Å². The second-order valence-corrected chi connectivity index (χ2v) is 6.61. The predicted octanol–water partition coefficient (Wildman–Crippen LogP) is 3.04. The molecule has 0 fully saturated rings. The number of hydrogen-bond donors (Lipinski definition) is 2. The van der Waals surface area contributed by atoms with Gasteiger partial charge in [-0.25, -0.2) is 0 Å². The van der Waals surface area contributed by atoms with Crippen LogP contribution in [-0.4, -0.2) is 27.7 Å². The van der Waals surface area contributed by atoms with Gasteiger partial charge in [0.25, 0.3) is 5.56 Å². The van der Waals surface area contributed by atoms with Gasteiger partial charge in [-0.2, -0.15) is 0 Å². The third-order valence-electron chi connectivity index (χ3n) is 4.47. The summed E-state index contributed by atoms with van der Waals surface area (Å²) < 4.78 is 5.40. The third-order valence-corrected chi connectivity index (χ3v) is 4.47. The number of H-pyrrole nitrogens is 1. The molecule has 0 radical (unpaired) electrons. The number of rotatable bonds is 8. The van der Waals surface area contributed by atoms with Crippen molar-refractivity contribution in [3.63, 3.8) is 0 Å². The second kappa shape index (κ2) is 9.64. The third kappa shape index (κ3) is 5.51. The Bertz CT molecular complexity index is 1000. The Balaban J connectivity index is 1.59. The van der Waals surface area contributed by atoms with Crippen LogP contribution in [0, 0.1) is 0 Å². The van der Waals surface area contributed by atoms with Crippen molar-refractivity contribution in [2.45, 2.75) is 32.7 Å². The molecule has 3 rings (SSSR count). The first-order valence-electron chi connectivity index (χ1n) is 9.60. The SMILES string of the molecule is CCOc1ccc(-c2nnc(CCC(=O)N[C@@H](C)c3ccccc3)c(=O)[nH]2)cc1. The highest BCUT2D eigenvalue weighted by Gasteiger charge is 2.12. The maximum atomic E-state index is 12.3. The number of amides is 1. The topological polar surface area (TPSA) is 97.0 Å². The van der Waals surface area contributed by atoms with Crippen LogP contribution in [0.25, 0.3) is 11.4 Å². The van der Waals surface area contributed by atoms with Crippen molar-refractivity contribution < 1.29 is 9.53 Å². The molecule has 0 spiro atoms.